The molecular formula is C15H17FN2O5S. The maximum atomic E-state index is 13.1. The fourth-order valence-corrected chi connectivity index (χ4v) is 3.01. The molecule has 1 aliphatic heterocycles. The molecule has 0 aromatic heterocycles. The number of piperidine rings is 1. The summed E-state index contributed by atoms with van der Waals surface area (Å²) in [6, 6.07) is 5.56. The number of anilines is 1. The number of rotatable bonds is 5. The van der Waals surface area contributed by atoms with Gasteiger partial charge in [0.05, 0.1) is 0 Å². The Morgan fingerprint density at radius 1 is 1.25 bits per heavy atom. The highest BCUT2D eigenvalue weighted by Crippen LogP contribution is 2.24. The van der Waals surface area contributed by atoms with Crippen molar-refractivity contribution in [3.63, 3.8) is 0 Å². The summed E-state index contributed by atoms with van der Waals surface area (Å²) in [5, 5.41) is 11.2. The molecule has 0 radical (unpaired) electrons. The standard InChI is InChI=1S/C15H17FN2O5S/c16-24(22,23)13-3-1-2-12(10-13)18-8-6-11(7-9-18)17-14(19)4-5-15(20)21/h1-5,10-11H,6-9H2,(H,17,19)(H,20,21)/b5-4-. The van der Waals surface area contributed by atoms with Crippen molar-refractivity contribution in [2.24, 2.45) is 0 Å². The molecule has 0 spiro atoms. The van der Waals surface area contributed by atoms with Crippen molar-refractivity contribution < 1.29 is 27.0 Å². The summed E-state index contributed by atoms with van der Waals surface area (Å²) in [4.78, 5) is 23.4. The second-order valence-corrected chi connectivity index (χ2v) is 6.72. The van der Waals surface area contributed by atoms with Crippen LogP contribution >= 0.6 is 0 Å². The van der Waals surface area contributed by atoms with Gasteiger partial charge < -0.3 is 15.3 Å². The number of hydrogen-bond donors (Lipinski definition) is 2. The molecule has 1 fully saturated rings. The Labute approximate surface area is 139 Å². The minimum absolute atomic E-state index is 0.0970. The fraction of sp³-hybridized carbons (Fsp3) is 0.333. The van der Waals surface area contributed by atoms with Crippen LogP contribution in [0.25, 0.3) is 0 Å². The third-order valence-corrected chi connectivity index (χ3v) is 4.50. The predicted molar refractivity (Wildman–Crippen MR) is 84.9 cm³/mol. The largest absolute Gasteiger partial charge is 0.478 e. The van der Waals surface area contributed by atoms with Crippen LogP contribution in [-0.4, -0.2) is 44.5 Å². The molecule has 2 rings (SSSR count). The number of carbonyl (C=O) groups is 2. The van der Waals surface area contributed by atoms with E-state index in [-0.39, 0.29) is 10.9 Å². The molecule has 1 saturated heterocycles. The summed E-state index contributed by atoms with van der Waals surface area (Å²) < 4.78 is 35.0. The van der Waals surface area contributed by atoms with Gasteiger partial charge in [0.25, 0.3) is 0 Å². The number of nitrogens with zero attached hydrogens (tertiary/aromatic N) is 1. The summed E-state index contributed by atoms with van der Waals surface area (Å²) in [5.41, 5.74) is 0.601. The SMILES string of the molecule is O=C(O)/C=C\C(=O)NC1CCN(c2cccc(S(=O)(=O)F)c2)CC1. The molecule has 2 N–H and O–H groups in total. The Kier molecular flexibility index (Phi) is 5.55. The van der Waals surface area contributed by atoms with E-state index in [2.05, 4.69) is 5.32 Å². The summed E-state index contributed by atoms with van der Waals surface area (Å²) in [7, 11) is -4.74. The number of carboxylic acid groups (broad SMARTS) is 1. The number of benzene rings is 1. The van der Waals surface area contributed by atoms with Crippen LogP contribution in [0, 0.1) is 0 Å². The third-order valence-electron chi connectivity index (χ3n) is 3.68. The normalized spacial score (nSPS) is 16.3. The van der Waals surface area contributed by atoms with Crippen LogP contribution in [0.4, 0.5) is 9.57 Å². The van der Waals surface area contributed by atoms with Crippen molar-refractivity contribution in [3.05, 3.63) is 36.4 Å². The second kappa shape index (κ2) is 7.43. The van der Waals surface area contributed by atoms with Crippen molar-refractivity contribution >= 4 is 27.8 Å². The third kappa shape index (κ3) is 5.05. The van der Waals surface area contributed by atoms with Gasteiger partial charge in [0, 0.05) is 37.0 Å². The van der Waals surface area contributed by atoms with Crippen LogP contribution in [0.3, 0.4) is 0 Å². The van der Waals surface area contributed by atoms with Gasteiger partial charge in [-0.1, -0.05) is 6.07 Å². The molecule has 1 aromatic rings. The van der Waals surface area contributed by atoms with Crippen LogP contribution in [0.2, 0.25) is 0 Å². The topological polar surface area (TPSA) is 104 Å². The van der Waals surface area contributed by atoms with Gasteiger partial charge >= 0.3 is 16.2 Å². The van der Waals surface area contributed by atoms with Gasteiger partial charge in [-0.25, -0.2) is 4.79 Å². The summed E-state index contributed by atoms with van der Waals surface area (Å²) in [5.74, 6) is -1.66. The van der Waals surface area contributed by atoms with E-state index < -0.39 is 22.1 Å². The Bertz CT molecular complexity index is 755. The van der Waals surface area contributed by atoms with Crippen LogP contribution < -0.4 is 10.2 Å². The molecule has 1 aromatic carbocycles. The number of amides is 1. The van der Waals surface area contributed by atoms with Gasteiger partial charge in [0.1, 0.15) is 4.90 Å². The van der Waals surface area contributed by atoms with E-state index in [0.717, 1.165) is 12.2 Å². The van der Waals surface area contributed by atoms with E-state index >= 15 is 0 Å². The first-order chi connectivity index (χ1) is 11.3. The molecule has 1 amide bonds. The Balaban J connectivity index is 1.93. The van der Waals surface area contributed by atoms with Crippen molar-refractivity contribution in [2.75, 3.05) is 18.0 Å². The molecule has 0 bridgehead atoms. The van der Waals surface area contributed by atoms with Crippen molar-refractivity contribution in [3.8, 4) is 0 Å². The highest BCUT2D eigenvalue weighted by Gasteiger charge is 2.21. The Hall–Kier alpha value is -2.42. The molecule has 1 heterocycles. The van der Waals surface area contributed by atoms with E-state index in [1.807, 2.05) is 4.90 Å². The van der Waals surface area contributed by atoms with E-state index in [0.29, 0.717) is 31.6 Å². The lowest BCUT2D eigenvalue weighted by atomic mass is 10.0. The van der Waals surface area contributed by atoms with Crippen molar-refractivity contribution in [1.29, 1.82) is 0 Å². The molecule has 1 aliphatic rings. The Morgan fingerprint density at radius 3 is 2.50 bits per heavy atom. The molecule has 24 heavy (non-hydrogen) atoms. The molecule has 9 heteroatoms. The molecular weight excluding hydrogens is 339 g/mol. The van der Waals surface area contributed by atoms with Crippen LogP contribution in [-0.2, 0) is 19.8 Å². The molecule has 0 aliphatic carbocycles. The lowest BCUT2D eigenvalue weighted by Gasteiger charge is -2.33. The highest BCUT2D eigenvalue weighted by molar-refractivity contribution is 7.86. The number of nitrogens with one attached hydrogen (secondary N) is 1. The minimum Gasteiger partial charge on any atom is -0.478 e. The van der Waals surface area contributed by atoms with Crippen molar-refractivity contribution in [2.45, 2.75) is 23.8 Å². The van der Waals surface area contributed by atoms with Gasteiger partial charge in [0.15, 0.2) is 0 Å². The van der Waals surface area contributed by atoms with Crippen LogP contribution in [0.1, 0.15) is 12.8 Å². The highest BCUT2D eigenvalue weighted by atomic mass is 32.3. The number of carbonyl (C=O) groups excluding carboxylic acids is 1. The smallest absolute Gasteiger partial charge is 0.332 e. The molecule has 130 valence electrons. The zero-order valence-corrected chi connectivity index (χ0v) is 13.5. The van der Waals surface area contributed by atoms with E-state index in [9.17, 15) is 21.9 Å². The number of aliphatic carboxylic acids is 1. The molecule has 0 unspecified atom stereocenters. The second-order valence-electron chi connectivity index (χ2n) is 5.38. The van der Waals surface area contributed by atoms with E-state index in [1.54, 1.807) is 6.07 Å². The first kappa shape index (κ1) is 17.9. The zero-order valence-electron chi connectivity index (χ0n) is 12.7. The lowest BCUT2D eigenvalue weighted by molar-refractivity contribution is -0.131. The lowest BCUT2D eigenvalue weighted by Crippen LogP contribution is -2.44. The van der Waals surface area contributed by atoms with Crippen LogP contribution in [0.5, 0.6) is 0 Å². The Morgan fingerprint density at radius 2 is 1.92 bits per heavy atom. The number of halogens is 1. The summed E-state index contributed by atoms with van der Waals surface area (Å²) in [6.07, 6.45) is 2.95. The first-order valence-electron chi connectivity index (χ1n) is 7.27. The molecule has 0 saturated carbocycles. The monoisotopic (exact) mass is 356 g/mol. The van der Waals surface area contributed by atoms with Crippen molar-refractivity contribution in [1.82, 2.24) is 5.32 Å². The number of carboxylic acids is 1. The summed E-state index contributed by atoms with van der Waals surface area (Å²) >= 11 is 0. The van der Waals surface area contributed by atoms with Gasteiger partial charge in [0.2, 0.25) is 5.91 Å². The zero-order chi connectivity index (χ0) is 17.7. The average Bonchev–Trinajstić information content (AvgIpc) is 2.53. The minimum atomic E-state index is -4.74. The van der Waals surface area contributed by atoms with Gasteiger partial charge in [-0.15, -0.1) is 3.89 Å². The van der Waals surface area contributed by atoms with Gasteiger partial charge in [-0.2, -0.15) is 8.42 Å². The maximum Gasteiger partial charge on any atom is 0.332 e. The first-order valence-corrected chi connectivity index (χ1v) is 8.65. The predicted octanol–water partition coefficient (Wildman–Crippen LogP) is 1.07. The average molecular weight is 356 g/mol. The maximum absolute atomic E-state index is 13.1. The van der Waals surface area contributed by atoms with Gasteiger partial charge in [-0.3, -0.25) is 4.79 Å². The van der Waals surface area contributed by atoms with E-state index in [1.165, 1.54) is 18.2 Å². The van der Waals surface area contributed by atoms with Crippen LogP contribution in [0.15, 0.2) is 41.3 Å². The number of hydrogen-bond acceptors (Lipinski definition) is 5. The molecule has 0 atom stereocenters. The quantitative estimate of drug-likeness (QED) is 0.604. The van der Waals surface area contributed by atoms with E-state index in [4.69, 9.17) is 5.11 Å². The fourth-order valence-electron chi connectivity index (χ4n) is 2.51. The molecule has 7 nitrogen and oxygen atoms in total. The van der Waals surface area contributed by atoms with Gasteiger partial charge in [-0.05, 0) is 31.0 Å². The summed E-state index contributed by atoms with van der Waals surface area (Å²) in [6.45, 7) is 1.12.